The van der Waals surface area contributed by atoms with Gasteiger partial charge in [-0.05, 0) is 79.9 Å². The molecule has 55 heavy (non-hydrogen) atoms. The van der Waals surface area contributed by atoms with E-state index < -0.39 is 0 Å². The van der Waals surface area contributed by atoms with E-state index in [-0.39, 0.29) is 10.8 Å². The van der Waals surface area contributed by atoms with Crippen LogP contribution in [0.5, 0.6) is 0 Å². The fraction of sp³-hybridized carbons (Fsp3) is 0.118. The second kappa shape index (κ2) is 11.4. The van der Waals surface area contributed by atoms with Gasteiger partial charge in [0.25, 0.3) is 0 Å². The van der Waals surface area contributed by atoms with E-state index in [0.29, 0.717) is 17.5 Å². The smallest absolute Gasteiger partial charge is 0.167 e. The second-order valence-corrected chi connectivity index (χ2v) is 16.0. The Bertz CT molecular complexity index is 3040. The number of aromatic nitrogens is 3. The van der Waals surface area contributed by atoms with Gasteiger partial charge < -0.3 is 4.42 Å². The van der Waals surface area contributed by atoms with Crippen LogP contribution in [0.15, 0.2) is 156 Å². The molecule has 0 spiro atoms. The molecule has 0 amide bonds. The Morgan fingerprint density at radius 1 is 0.382 bits per heavy atom. The number of hydrogen-bond donors (Lipinski definition) is 0. The van der Waals surface area contributed by atoms with Gasteiger partial charge in [-0.25, -0.2) is 15.0 Å². The van der Waals surface area contributed by atoms with Gasteiger partial charge >= 0.3 is 0 Å². The van der Waals surface area contributed by atoms with Gasteiger partial charge in [-0.2, -0.15) is 0 Å². The van der Waals surface area contributed by atoms with Crippen LogP contribution in [0.25, 0.3) is 89.5 Å². The van der Waals surface area contributed by atoms with Crippen molar-refractivity contribution in [1.29, 1.82) is 0 Å². The van der Waals surface area contributed by atoms with Crippen molar-refractivity contribution >= 4 is 21.9 Å². The first kappa shape index (κ1) is 31.8. The van der Waals surface area contributed by atoms with Crippen LogP contribution in [0.1, 0.15) is 49.9 Å². The minimum absolute atomic E-state index is 0.117. The van der Waals surface area contributed by atoms with Crippen molar-refractivity contribution in [2.45, 2.75) is 38.5 Å². The third-order valence-electron chi connectivity index (χ3n) is 12.1. The normalized spacial score (nSPS) is 14.5. The van der Waals surface area contributed by atoms with Crippen LogP contribution in [-0.2, 0) is 10.8 Å². The van der Waals surface area contributed by atoms with Crippen LogP contribution in [0.2, 0.25) is 0 Å². The van der Waals surface area contributed by atoms with Gasteiger partial charge in [-0.3, -0.25) is 0 Å². The minimum atomic E-state index is -0.141. The Hall–Kier alpha value is -6.65. The number of para-hydroxylation sites is 1. The third kappa shape index (κ3) is 4.61. The summed E-state index contributed by atoms with van der Waals surface area (Å²) in [6, 6.07) is 53.9. The van der Waals surface area contributed by atoms with E-state index >= 15 is 0 Å². The maximum atomic E-state index is 6.73. The Kier molecular flexibility index (Phi) is 6.61. The molecule has 0 radical (unpaired) electrons. The summed E-state index contributed by atoms with van der Waals surface area (Å²) < 4.78 is 6.73. The highest BCUT2D eigenvalue weighted by Crippen LogP contribution is 2.53. The van der Waals surface area contributed by atoms with E-state index in [1.165, 1.54) is 55.6 Å². The molecule has 4 nitrogen and oxygen atoms in total. The first-order valence-electron chi connectivity index (χ1n) is 19.0. The zero-order valence-corrected chi connectivity index (χ0v) is 31.2. The fourth-order valence-electron chi connectivity index (χ4n) is 9.42. The minimum Gasteiger partial charge on any atom is -0.455 e. The number of nitrogens with zero attached hydrogens (tertiary/aromatic N) is 3. The van der Waals surface area contributed by atoms with Crippen LogP contribution in [0.4, 0.5) is 0 Å². The number of rotatable bonds is 4. The molecule has 11 rings (SSSR count). The van der Waals surface area contributed by atoms with Crippen molar-refractivity contribution in [1.82, 2.24) is 15.0 Å². The number of hydrogen-bond acceptors (Lipinski definition) is 4. The summed E-state index contributed by atoms with van der Waals surface area (Å²) in [5, 5.41) is 2.10. The van der Waals surface area contributed by atoms with E-state index in [9.17, 15) is 0 Å². The van der Waals surface area contributed by atoms with Gasteiger partial charge in [0, 0.05) is 32.7 Å². The van der Waals surface area contributed by atoms with Crippen molar-refractivity contribution in [3.8, 4) is 67.5 Å². The Labute approximate surface area is 320 Å². The highest BCUT2D eigenvalue weighted by molar-refractivity contribution is 6.10. The lowest BCUT2D eigenvalue weighted by atomic mass is 9.79. The highest BCUT2D eigenvalue weighted by atomic mass is 16.3. The lowest BCUT2D eigenvalue weighted by molar-refractivity contribution is 0.660. The lowest BCUT2D eigenvalue weighted by Gasteiger charge is -2.24. The summed E-state index contributed by atoms with van der Waals surface area (Å²) >= 11 is 0. The van der Waals surface area contributed by atoms with Crippen LogP contribution in [-0.4, -0.2) is 15.0 Å². The molecule has 0 unspecified atom stereocenters. The summed E-state index contributed by atoms with van der Waals surface area (Å²) in [5.41, 5.74) is 17.1. The number of fused-ring (bicyclic) bond motifs is 9. The number of benzene rings is 7. The maximum absolute atomic E-state index is 6.73. The van der Waals surface area contributed by atoms with Gasteiger partial charge in [-0.15, -0.1) is 0 Å². The predicted molar refractivity (Wildman–Crippen MR) is 224 cm³/mol. The highest BCUT2D eigenvalue weighted by Gasteiger charge is 2.38. The molecular weight excluding hydrogens is 671 g/mol. The van der Waals surface area contributed by atoms with Crippen LogP contribution in [0.3, 0.4) is 0 Å². The molecule has 0 N–H and O–H groups in total. The van der Waals surface area contributed by atoms with Crippen molar-refractivity contribution < 1.29 is 4.42 Å². The fourth-order valence-corrected chi connectivity index (χ4v) is 9.42. The van der Waals surface area contributed by atoms with E-state index in [0.717, 1.165) is 38.6 Å². The first-order chi connectivity index (χ1) is 26.8. The lowest BCUT2D eigenvalue weighted by Crippen LogP contribution is -2.16. The first-order valence-corrected chi connectivity index (χ1v) is 19.0. The van der Waals surface area contributed by atoms with Gasteiger partial charge in [0.1, 0.15) is 11.2 Å². The van der Waals surface area contributed by atoms with E-state index in [2.05, 4.69) is 161 Å². The zero-order chi connectivity index (χ0) is 37.1. The topological polar surface area (TPSA) is 51.8 Å². The molecule has 0 bridgehead atoms. The summed E-state index contributed by atoms with van der Waals surface area (Å²) in [6.45, 7) is 9.28. The molecule has 2 aromatic heterocycles. The largest absolute Gasteiger partial charge is 0.455 e. The van der Waals surface area contributed by atoms with E-state index in [4.69, 9.17) is 19.4 Å². The molecule has 4 heteroatoms. The second-order valence-electron chi connectivity index (χ2n) is 16.0. The molecule has 7 aromatic carbocycles. The van der Waals surface area contributed by atoms with Crippen LogP contribution >= 0.6 is 0 Å². The van der Waals surface area contributed by atoms with Crippen molar-refractivity contribution in [2.75, 3.05) is 0 Å². The summed E-state index contributed by atoms with van der Waals surface area (Å²) in [6.07, 6.45) is 0. The number of furan rings is 1. The average Bonchev–Trinajstić information content (AvgIpc) is 3.80. The van der Waals surface area contributed by atoms with E-state index in [1.54, 1.807) is 0 Å². The molecule has 0 saturated carbocycles. The standard InChI is InChI=1S/C51H37N3O/c1-50(2)41-22-10-8-16-34(41)36-26-24-32(29-43(36)50)48-52-47(30-14-6-5-7-15-30)53-49(54-48)39-21-13-20-38-40-28-31(25-27-44(40)55-46(38)39)33-18-12-19-37-35-17-9-11-23-42(35)51(3,4)45(33)37/h5-29H,1-4H3. The summed E-state index contributed by atoms with van der Waals surface area (Å²) in [4.78, 5) is 15.4. The molecule has 2 aliphatic carbocycles. The monoisotopic (exact) mass is 707 g/mol. The molecule has 0 fully saturated rings. The molecule has 2 aliphatic rings. The van der Waals surface area contributed by atoms with Crippen molar-refractivity contribution in [3.63, 3.8) is 0 Å². The Morgan fingerprint density at radius 3 is 1.76 bits per heavy atom. The molecule has 0 aliphatic heterocycles. The van der Waals surface area contributed by atoms with Crippen molar-refractivity contribution in [3.05, 3.63) is 174 Å². The maximum Gasteiger partial charge on any atom is 0.167 e. The SMILES string of the molecule is CC1(C)c2ccccc2-c2ccc(-c3nc(-c4ccccc4)nc(-c4cccc5c4oc4ccc(-c6cccc7c6C(C)(C)c6ccccc6-7)cc45)n3)cc21. The van der Waals surface area contributed by atoms with Crippen LogP contribution < -0.4 is 0 Å². The van der Waals surface area contributed by atoms with Gasteiger partial charge in [0.05, 0.1) is 5.56 Å². The van der Waals surface area contributed by atoms with Gasteiger partial charge in [-0.1, -0.05) is 155 Å². The molecule has 9 aromatic rings. The van der Waals surface area contributed by atoms with Crippen molar-refractivity contribution in [2.24, 2.45) is 0 Å². The summed E-state index contributed by atoms with van der Waals surface area (Å²) in [5.74, 6) is 1.84. The van der Waals surface area contributed by atoms with Crippen LogP contribution in [0, 0.1) is 0 Å². The molecule has 262 valence electrons. The van der Waals surface area contributed by atoms with E-state index in [1.807, 2.05) is 18.2 Å². The Morgan fingerprint density at radius 2 is 0.964 bits per heavy atom. The Balaban J connectivity index is 1.07. The predicted octanol–water partition coefficient (Wildman–Crippen LogP) is 13.1. The third-order valence-corrected chi connectivity index (χ3v) is 12.1. The summed E-state index contributed by atoms with van der Waals surface area (Å²) in [7, 11) is 0. The zero-order valence-electron chi connectivity index (χ0n) is 31.2. The molecule has 0 saturated heterocycles. The average molecular weight is 708 g/mol. The molecular formula is C51H37N3O. The van der Waals surface area contributed by atoms with Gasteiger partial charge in [0.15, 0.2) is 17.5 Å². The molecule has 0 atom stereocenters. The van der Waals surface area contributed by atoms with Gasteiger partial charge in [0.2, 0.25) is 0 Å². The quantitative estimate of drug-likeness (QED) is 0.183. The molecule has 2 heterocycles.